The van der Waals surface area contributed by atoms with Gasteiger partial charge in [-0.05, 0) is 6.07 Å². The maximum absolute atomic E-state index is 8.83. The van der Waals surface area contributed by atoms with Crippen molar-refractivity contribution >= 4 is 11.4 Å². The van der Waals surface area contributed by atoms with Gasteiger partial charge in [0.05, 0.1) is 43.0 Å². The minimum atomic E-state index is -0.341. The monoisotopic (exact) mass is 218 g/mol. The second kappa shape index (κ2) is 4.81. The molecule has 0 saturated carbocycles. The van der Waals surface area contributed by atoms with Gasteiger partial charge in [0.2, 0.25) is 0 Å². The van der Waals surface area contributed by atoms with Crippen molar-refractivity contribution in [2.45, 2.75) is 6.10 Å². The van der Waals surface area contributed by atoms with Gasteiger partial charge in [-0.3, -0.25) is 4.98 Å². The van der Waals surface area contributed by atoms with Crippen molar-refractivity contribution in [2.24, 2.45) is 0 Å². The van der Waals surface area contributed by atoms with Crippen LogP contribution in [0.3, 0.4) is 0 Å². The summed E-state index contributed by atoms with van der Waals surface area (Å²) in [6.07, 6.45) is 3.23. The van der Waals surface area contributed by atoms with E-state index in [4.69, 9.17) is 10.00 Å². The molecule has 1 aromatic heterocycles. The van der Waals surface area contributed by atoms with Crippen LogP contribution in [-0.2, 0) is 4.74 Å². The number of nitrogens with zero attached hydrogens (tertiary/aromatic N) is 3. The van der Waals surface area contributed by atoms with Gasteiger partial charge in [-0.2, -0.15) is 5.26 Å². The zero-order valence-corrected chi connectivity index (χ0v) is 9.18. The van der Waals surface area contributed by atoms with E-state index in [1.807, 2.05) is 13.1 Å². The molecular formula is C11H14N4O. The molecule has 1 fully saturated rings. The lowest BCUT2D eigenvalue weighted by atomic mass is 10.2. The molecule has 2 rings (SSSR count). The molecule has 1 N–H and O–H groups in total. The Labute approximate surface area is 94.7 Å². The van der Waals surface area contributed by atoms with Crippen LogP contribution in [0, 0.1) is 11.3 Å². The predicted molar refractivity (Wildman–Crippen MR) is 61.3 cm³/mol. The van der Waals surface area contributed by atoms with Crippen molar-refractivity contribution in [3.05, 3.63) is 18.5 Å². The third-order valence-corrected chi connectivity index (χ3v) is 2.59. The summed E-state index contributed by atoms with van der Waals surface area (Å²) in [5.41, 5.74) is 1.99. The highest BCUT2D eigenvalue weighted by atomic mass is 16.5. The largest absolute Gasteiger partial charge is 0.387 e. The maximum Gasteiger partial charge on any atom is 0.161 e. The fourth-order valence-electron chi connectivity index (χ4n) is 1.70. The van der Waals surface area contributed by atoms with Gasteiger partial charge in [0, 0.05) is 13.6 Å². The Bertz CT molecular complexity index is 401. The number of nitrogens with one attached hydrogen (secondary N) is 1. The minimum Gasteiger partial charge on any atom is -0.387 e. The molecule has 1 aromatic rings. The molecule has 1 atom stereocenters. The first-order valence-corrected chi connectivity index (χ1v) is 5.22. The van der Waals surface area contributed by atoms with Gasteiger partial charge in [0.1, 0.15) is 0 Å². The van der Waals surface area contributed by atoms with E-state index in [1.54, 1.807) is 12.4 Å². The van der Waals surface area contributed by atoms with Gasteiger partial charge in [0.15, 0.2) is 6.10 Å². The zero-order chi connectivity index (χ0) is 11.4. The quantitative estimate of drug-likeness (QED) is 0.797. The van der Waals surface area contributed by atoms with Crippen LogP contribution in [0.1, 0.15) is 0 Å². The number of hydrogen-bond donors (Lipinski definition) is 1. The first-order valence-electron chi connectivity index (χ1n) is 5.22. The average Bonchev–Trinajstić information content (AvgIpc) is 2.39. The van der Waals surface area contributed by atoms with E-state index in [2.05, 4.69) is 21.3 Å². The number of pyridine rings is 1. The second-order valence-electron chi connectivity index (χ2n) is 3.62. The smallest absolute Gasteiger partial charge is 0.161 e. The molecule has 1 unspecified atom stereocenters. The summed E-state index contributed by atoms with van der Waals surface area (Å²) in [4.78, 5) is 6.27. The summed E-state index contributed by atoms with van der Waals surface area (Å²) in [7, 11) is 1.86. The van der Waals surface area contributed by atoms with Crippen molar-refractivity contribution in [1.29, 1.82) is 5.26 Å². The molecule has 0 aliphatic carbocycles. The number of anilines is 2. The number of rotatable bonds is 2. The predicted octanol–water partition coefficient (Wildman–Crippen LogP) is 0.852. The van der Waals surface area contributed by atoms with Crippen LogP contribution in [0.25, 0.3) is 0 Å². The normalized spacial score (nSPS) is 20.2. The second-order valence-corrected chi connectivity index (χ2v) is 3.62. The van der Waals surface area contributed by atoms with Gasteiger partial charge in [-0.1, -0.05) is 0 Å². The van der Waals surface area contributed by atoms with E-state index >= 15 is 0 Å². The van der Waals surface area contributed by atoms with Gasteiger partial charge < -0.3 is 15.0 Å². The lowest BCUT2D eigenvalue weighted by molar-refractivity contribution is 0.0764. The van der Waals surface area contributed by atoms with E-state index in [0.29, 0.717) is 13.2 Å². The third-order valence-electron chi connectivity index (χ3n) is 2.59. The lowest BCUT2D eigenvalue weighted by Crippen LogP contribution is -2.41. The Hall–Kier alpha value is -1.80. The standard InChI is InChI=1S/C11H14N4O/c1-13-9-4-10(7-14-6-9)15-2-3-16-11(5-12)8-15/h4,6-7,11,13H,2-3,8H2,1H3. The van der Waals surface area contributed by atoms with E-state index in [-0.39, 0.29) is 6.10 Å². The van der Waals surface area contributed by atoms with E-state index in [0.717, 1.165) is 17.9 Å². The van der Waals surface area contributed by atoms with Gasteiger partial charge in [-0.15, -0.1) is 0 Å². The number of ether oxygens (including phenoxy) is 1. The lowest BCUT2D eigenvalue weighted by Gasteiger charge is -2.31. The molecule has 0 radical (unpaired) electrons. The first-order chi connectivity index (χ1) is 7.83. The molecule has 1 aliphatic heterocycles. The number of hydrogen-bond acceptors (Lipinski definition) is 5. The Morgan fingerprint density at radius 2 is 2.50 bits per heavy atom. The molecule has 2 heterocycles. The Kier molecular flexibility index (Phi) is 3.22. The highest BCUT2D eigenvalue weighted by Crippen LogP contribution is 2.19. The minimum absolute atomic E-state index is 0.341. The summed E-state index contributed by atoms with van der Waals surface area (Å²) in [6.45, 7) is 1.99. The van der Waals surface area contributed by atoms with E-state index in [1.165, 1.54) is 0 Å². The summed E-state index contributed by atoms with van der Waals surface area (Å²) in [5.74, 6) is 0. The molecule has 84 valence electrons. The molecule has 0 amide bonds. The summed E-state index contributed by atoms with van der Waals surface area (Å²) in [5, 5.41) is 11.9. The van der Waals surface area contributed by atoms with Gasteiger partial charge in [0.25, 0.3) is 0 Å². The molecule has 0 bridgehead atoms. The van der Waals surface area contributed by atoms with Crippen LogP contribution in [0.5, 0.6) is 0 Å². The fourth-order valence-corrected chi connectivity index (χ4v) is 1.70. The van der Waals surface area contributed by atoms with Crippen LogP contribution in [0.4, 0.5) is 11.4 Å². The highest BCUT2D eigenvalue weighted by molar-refractivity contribution is 5.55. The third kappa shape index (κ3) is 2.23. The highest BCUT2D eigenvalue weighted by Gasteiger charge is 2.20. The van der Waals surface area contributed by atoms with Gasteiger partial charge >= 0.3 is 0 Å². The zero-order valence-electron chi connectivity index (χ0n) is 9.18. The SMILES string of the molecule is CNc1cncc(N2CCOC(C#N)C2)c1. The van der Waals surface area contributed by atoms with E-state index in [9.17, 15) is 0 Å². The van der Waals surface area contributed by atoms with Crippen molar-refractivity contribution in [3.63, 3.8) is 0 Å². The number of aromatic nitrogens is 1. The summed E-state index contributed by atoms with van der Waals surface area (Å²) in [6, 6.07) is 4.15. The Morgan fingerprint density at radius 1 is 1.62 bits per heavy atom. The average molecular weight is 218 g/mol. The van der Waals surface area contributed by atoms with Crippen LogP contribution in [0.2, 0.25) is 0 Å². The van der Waals surface area contributed by atoms with Crippen LogP contribution in [-0.4, -0.2) is 37.8 Å². The Morgan fingerprint density at radius 3 is 3.25 bits per heavy atom. The molecule has 5 nitrogen and oxygen atoms in total. The van der Waals surface area contributed by atoms with Gasteiger partial charge in [-0.25, -0.2) is 0 Å². The molecule has 1 aliphatic rings. The molecular weight excluding hydrogens is 204 g/mol. The fraction of sp³-hybridized carbons (Fsp3) is 0.455. The maximum atomic E-state index is 8.83. The first kappa shape index (κ1) is 10.7. The summed E-state index contributed by atoms with van der Waals surface area (Å²) < 4.78 is 5.30. The van der Waals surface area contributed by atoms with Crippen molar-refractivity contribution in [3.8, 4) is 6.07 Å². The molecule has 0 aromatic carbocycles. The van der Waals surface area contributed by atoms with E-state index < -0.39 is 0 Å². The number of nitriles is 1. The van der Waals surface area contributed by atoms with Crippen LogP contribution >= 0.6 is 0 Å². The molecule has 5 heteroatoms. The molecule has 1 saturated heterocycles. The Balaban J connectivity index is 2.14. The van der Waals surface area contributed by atoms with Crippen molar-refractivity contribution in [2.75, 3.05) is 37.0 Å². The molecule has 16 heavy (non-hydrogen) atoms. The summed E-state index contributed by atoms with van der Waals surface area (Å²) >= 11 is 0. The van der Waals surface area contributed by atoms with Crippen molar-refractivity contribution < 1.29 is 4.74 Å². The molecule has 0 spiro atoms. The number of morpholine rings is 1. The van der Waals surface area contributed by atoms with Crippen LogP contribution < -0.4 is 10.2 Å². The van der Waals surface area contributed by atoms with Crippen LogP contribution in [0.15, 0.2) is 18.5 Å². The van der Waals surface area contributed by atoms with Crippen molar-refractivity contribution in [1.82, 2.24) is 4.98 Å². The topological polar surface area (TPSA) is 61.2 Å².